The molecule has 1 saturated heterocycles. The molecule has 7 nitrogen and oxygen atoms in total. The number of nitriles is 1. The van der Waals surface area contributed by atoms with Gasteiger partial charge in [0, 0.05) is 18.2 Å². The Kier molecular flexibility index (Phi) is 12.0. The second kappa shape index (κ2) is 14.2. The Morgan fingerprint density at radius 3 is 2.22 bits per heavy atom. The molecule has 1 aliphatic heterocycles. The summed E-state index contributed by atoms with van der Waals surface area (Å²) >= 11 is 8.08. The molecule has 3 atom stereocenters. The van der Waals surface area contributed by atoms with Crippen LogP contribution in [-0.4, -0.2) is 65.7 Å². The van der Waals surface area contributed by atoms with E-state index in [9.17, 15) is 10.4 Å². The number of hydroxylamine groups is 3. The van der Waals surface area contributed by atoms with Gasteiger partial charge < -0.3 is 9.64 Å². The van der Waals surface area contributed by atoms with Gasteiger partial charge in [0.05, 0.1) is 44.4 Å². The highest BCUT2D eigenvalue weighted by atomic mass is 32.1. The standard InChI is InChI=1S/C15H18N2.C10H18N2O3S2.C2H6/c16-11-12-3-4-13-5-6-15(10-14(13)9-12)17-7-1-2-8-17;1-11(13,16)7-8-12(14,17)9-3-5-10(15-2)6-4-9;1-2/h3-4,9,15H,1-2,5-8,10H2;3-6,13-14,16-17H,7-8H2,1-2H3;1-2H3/q;+2;. The molecule has 36 heavy (non-hydrogen) atoms. The molecule has 1 heterocycles. The molecule has 9 heteroatoms. The minimum atomic E-state index is -0.612. The topological polar surface area (TPSA) is 76.7 Å². The zero-order valence-electron chi connectivity index (χ0n) is 22.0. The largest absolute Gasteiger partial charge is 0.497 e. The zero-order chi connectivity index (χ0) is 26.8. The third kappa shape index (κ3) is 9.27. The van der Waals surface area contributed by atoms with Gasteiger partial charge in [0.1, 0.15) is 12.8 Å². The van der Waals surface area contributed by atoms with Crippen LogP contribution in [0.15, 0.2) is 42.5 Å². The summed E-state index contributed by atoms with van der Waals surface area (Å²) in [5.74, 6) is 0.707. The normalized spacial score (nSPS) is 20.2. The summed E-state index contributed by atoms with van der Waals surface area (Å²) in [4.78, 5) is 2.64. The van der Waals surface area contributed by atoms with E-state index >= 15 is 0 Å². The third-order valence-corrected chi connectivity index (χ3v) is 7.15. The van der Waals surface area contributed by atoms with Gasteiger partial charge in [0.15, 0.2) is 18.8 Å². The number of likely N-dealkylation sites (N-methyl/N-ethyl adjacent to an activating group) is 1. The number of thiol groups is 2. The highest BCUT2D eigenvalue weighted by Gasteiger charge is 2.30. The number of hydrogen-bond acceptors (Lipinski definition) is 7. The van der Waals surface area contributed by atoms with Crippen molar-refractivity contribution in [3.05, 3.63) is 59.2 Å². The van der Waals surface area contributed by atoms with Gasteiger partial charge in [-0.25, -0.2) is 5.21 Å². The van der Waals surface area contributed by atoms with Crippen molar-refractivity contribution in [2.24, 2.45) is 0 Å². The van der Waals surface area contributed by atoms with Crippen LogP contribution in [0.1, 0.15) is 49.8 Å². The summed E-state index contributed by atoms with van der Waals surface area (Å²) < 4.78 is 3.90. The first kappa shape index (κ1) is 30.5. The molecule has 0 radical (unpaired) electrons. The van der Waals surface area contributed by atoms with Crippen LogP contribution in [0.3, 0.4) is 0 Å². The Morgan fingerprint density at radius 1 is 1.03 bits per heavy atom. The van der Waals surface area contributed by atoms with E-state index in [1.807, 2.05) is 19.9 Å². The molecule has 2 N–H and O–H groups in total. The molecule has 0 amide bonds. The maximum absolute atomic E-state index is 10.1. The van der Waals surface area contributed by atoms with Crippen molar-refractivity contribution < 1.29 is 19.2 Å². The molecule has 3 unspecified atom stereocenters. The summed E-state index contributed by atoms with van der Waals surface area (Å²) in [7, 11) is 3.08. The average molecular weight is 535 g/mol. The second-order valence-corrected chi connectivity index (χ2v) is 10.7. The summed E-state index contributed by atoms with van der Waals surface area (Å²) in [6.07, 6.45) is 6.34. The number of aryl methyl sites for hydroxylation is 1. The molecule has 4 rings (SSSR count). The van der Waals surface area contributed by atoms with Crippen molar-refractivity contribution >= 4 is 31.3 Å². The molecule has 198 valence electrons. The lowest BCUT2D eigenvalue weighted by atomic mass is 9.86. The van der Waals surface area contributed by atoms with Crippen LogP contribution in [0.4, 0.5) is 5.69 Å². The Hall–Kier alpha value is -1.77. The van der Waals surface area contributed by atoms with E-state index in [0.717, 1.165) is 18.0 Å². The smallest absolute Gasteiger partial charge is 0.178 e. The minimum Gasteiger partial charge on any atom is -0.497 e. The third-order valence-electron chi connectivity index (χ3n) is 6.52. The predicted molar refractivity (Wildman–Crippen MR) is 151 cm³/mol. The predicted octanol–water partition coefficient (Wildman–Crippen LogP) is 5.45. The number of methoxy groups -OCH3 is 1. The molecule has 1 fully saturated rings. The number of rotatable bonds is 6. The molecule has 0 bridgehead atoms. The number of nitrogens with zero attached hydrogens (tertiary/aromatic N) is 4. The number of ether oxygens (including phenoxy) is 1. The van der Waals surface area contributed by atoms with Gasteiger partial charge in [-0.2, -0.15) is 10.5 Å². The quantitative estimate of drug-likeness (QED) is 0.225. The molecular formula is C27H42N4O3S2+2. The van der Waals surface area contributed by atoms with Crippen LogP contribution < -0.4 is 8.79 Å². The first-order valence-corrected chi connectivity index (χ1v) is 13.5. The van der Waals surface area contributed by atoms with Gasteiger partial charge in [-0.1, -0.05) is 24.0 Å². The molecule has 2 aromatic carbocycles. The molecular weight excluding hydrogens is 492 g/mol. The van der Waals surface area contributed by atoms with Gasteiger partial charge in [0.25, 0.3) is 0 Å². The van der Waals surface area contributed by atoms with Gasteiger partial charge >= 0.3 is 0 Å². The summed E-state index contributed by atoms with van der Waals surface area (Å²) in [5, 5.41) is 28.5. The fourth-order valence-corrected chi connectivity index (χ4v) is 4.82. The highest BCUT2D eigenvalue weighted by molar-refractivity contribution is 7.79. The van der Waals surface area contributed by atoms with Crippen LogP contribution >= 0.6 is 25.6 Å². The zero-order valence-corrected chi connectivity index (χ0v) is 23.8. The Morgan fingerprint density at radius 2 is 1.67 bits per heavy atom. The molecule has 2 aromatic rings. The van der Waals surface area contributed by atoms with Crippen LogP contribution in [-0.2, 0) is 12.8 Å². The van der Waals surface area contributed by atoms with E-state index in [0.29, 0.717) is 11.4 Å². The lowest BCUT2D eigenvalue weighted by molar-refractivity contribution is -0.973. The van der Waals surface area contributed by atoms with Gasteiger partial charge in [-0.05, 0) is 80.6 Å². The number of hydrogen-bond donors (Lipinski definition) is 4. The van der Waals surface area contributed by atoms with Crippen molar-refractivity contribution in [2.45, 2.75) is 52.0 Å². The fraction of sp³-hybridized carbons (Fsp3) is 0.519. The van der Waals surface area contributed by atoms with Gasteiger partial charge in [-0.15, -0.1) is 4.05 Å². The average Bonchev–Trinajstić information content (AvgIpc) is 3.43. The van der Waals surface area contributed by atoms with Gasteiger partial charge in [0.2, 0.25) is 0 Å². The van der Waals surface area contributed by atoms with E-state index in [1.54, 1.807) is 31.4 Å². The number of likely N-dealkylation sites (tertiary alicyclic amines) is 1. The number of fused-ring (bicyclic) bond motifs is 1. The maximum Gasteiger partial charge on any atom is 0.178 e. The molecule has 0 aromatic heterocycles. The number of benzene rings is 2. The number of quaternary nitrogens is 2. The first-order valence-electron chi connectivity index (χ1n) is 12.7. The monoisotopic (exact) mass is 534 g/mol. The van der Waals surface area contributed by atoms with E-state index < -0.39 is 8.10 Å². The fourth-order valence-electron chi connectivity index (χ4n) is 4.50. The second-order valence-electron chi connectivity index (χ2n) is 9.20. The van der Waals surface area contributed by atoms with Crippen LogP contribution in [0.5, 0.6) is 5.75 Å². The summed E-state index contributed by atoms with van der Waals surface area (Å²) in [6.45, 7) is 7.01. The SMILES string of the molecule is CC.COc1ccc([N+](O)(S)CC[N+](C)(O)S)cc1.N#Cc1ccc2c(c1)CC(N1CCCC1)CC2. The Bertz CT molecular complexity index is 982. The van der Waals surface area contributed by atoms with Crippen LogP contribution in [0.25, 0.3) is 0 Å². The first-order chi connectivity index (χ1) is 17.1. The molecule has 0 saturated carbocycles. The summed E-state index contributed by atoms with van der Waals surface area (Å²) in [6, 6.07) is 16.1. The van der Waals surface area contributed by atoms with E-state index in [2.05, 4.69) is 48.7 Å². The van der Waals surface area contributed by atoms with Crippen molar-refractivity contribution in [3.8, 4) is 11.8 Å². The minimum absolute atomic E-state index is 0.214. The molecule has 1 aliphatic carbocycles. The maximum atomic E-state index is 10.1. The Labute approximate surface area is 227 Å². The van der Waals surface area contributed by atoms with E-state index in [-0.39, 0.29) is 13.1 Å². The summed E-state index contributed by atoms with van der Waals surface area (Å²) in [5.41, 5.74) is 4.27. The lowest BCUT2D eigenvalue weighted by Gasteiger charge is -2.32. The van der Waals surface area contributed by atoms with E-state index in [1.165, 1.54) is 56.9 Å². The van der Waals surface area contributed by atoms with Crippen molar-refractivity contribution in [1.82, 2.24) is 8.95 Å². The van der Waals surface area contributed by atoms with E-state index in [4.69, 9.17) is 10.00 Å². The molecule has 0 spiro atoms. The van der Waals surface area contributed by atoms with Crippen LogP contribution in [0.2, 0.25) is 0 Å². The molecule has 2 aliphatic rings. The Balaban J connectivity index is 0.000000237. The van der Waals surface area contributed by atoms with Crippen molar-refractivity contribution in [3.63, 3.8) is 0 Å². The lowest BCUT2D eigenvalue weighted by Crippen LogP contribution is -2.45. The van der Waals surface area contributed by atoms with Crippen molar-refractivity contribution in [1.29, 1.82) is 5.26 Å². The van der Waals surface area contributed by atoms with Gasteiger partial charge in [-0.3, -0.25) is 0 Å². The van der Waals surface area contributed by atoms with Crippen LogP contribution in [0, 0.1) is 11.3 Å². The van der Waals surface area contributed by atoms with Crippen molar-refractivity contribution in [2.75, 3.05) is 40.3 Å². The highest BCUT2D eigenvalue weighted by Crippen LogP contribution is 2.28.